The van der Waals surface area contributed by atoms with Crippen LogP contribution in [0.15, 0.2) is 17.2 Å². The molecule has 6 heteroatoms. The highest BCUT2D eigenvalue weighted by atomic mass is 32.2. The van der Waals surface area contributed by atoms with Gasteiger partial charge in [0.15, 0.2) is 0 Å². The number of aromatic nitrogens is 1. The van der Waals surface area contributed by atoms with Crippen molar-refractivity contribution < 1.29 is 8.42 Å². The van der Waals surface area contributed by atoms with Crippen molar-refractivity contribution in [3.63, 3.8) is 0 Å². The molecule has 5 nitrogen and oxygen atoms in total. The third-order valence-electron chi connectivity index (χ3n) is 4.33. The van der Waals surface area contributed by atoms with E-state index in [1.54, 1.807) is 12.3 Å². The fourth-order valence-electron chi connectivity index (χ4n) is 2.44. The van der Waals surface area contributed by atoms with Gasteiger partial charge >= 0.3 is 0 Å². The molecule has 2 saturated carbocycles. The zero-order valence-corrected chi connectivity index (χ0v) is 12.7. The Morgan fingerprint density at radius 3 is 2.65 bits per heavy atom. The molecule has 0 amide bonds. The van der Waals surface area contributed by atoms with Crippen molar-refractivity contribution in [2.45, 2.75) is 49.6 Å². The van der Waals surface area contributed by atoms with Gasteiger partial charge in [0.2, 0.25) is 10.0 Å². The van der Waals surface area contributed by atoms with Crippen molar-refractivity contribution in [3.05, 3.63) is 18.0 Å². The maximum absolute atomic E-state index is 12.2. The van der Waals surface area contributed by atoms with Crippen molar-refractivity contribution in [2.24, 2.45) is 13.0 Å². The molecule has 0 radical (unpaired) electrons. The van der Waals surface area contributed by atoms with Crippen LogP contribution in [0.3, 0.4) is 0 Å². The number of sulfonamides is 1. The van der Waals surface area contributed by atoms with E-state index in [1.807, 2.05) is 11.6 Å². The van der Waals surface area contributed by atoms with E-state index in [0.29, 0.717) is 23.4 Å². The average Bonchev–Trinajstić information content (AvgIpc) is 3.08. The topological polar surface area (TPSA) is 63.1 Å². The molecule has 2 aliphatic rings. The quantitative estimate of drug-likeness (QED) is 0.798. The Balaban J connectivity index is 1.63. The first-order chi connectivity index (χ1) is 9.54. The fourth-order valence-corrected chi connectivity index (χ4v) is 3.65. The molecule has 0 unspecified atom stereocenters. The Hall–Kier alpha value is -0.850. The zero-order valence-electron chi connectivity index (χ0n) is 11.9. The third-order valence-corrected chi connectivity index (χ3v) is 5.72. The van der Waals surface area contributed by atoms with E-state index in [0.717, 1.165) is 25.1 Å². The van der Waals surface area contributed by atoms with Gasteiger partial charge in [-0.1, -0.05) is 6.42 Å². The molecule has 20 heavy (non-hydrogen) atoms. The smallest absolute Gasteiger partial charge is 0.242 e. The van der Waals surface area contributed by atoms with Crippen LogP contribution in [0.4, 0.5) is 0 Å². The van der Waals surface area contributed by atoms with Crippen LogP contribution >= 0.6 is 0 Å². The Morgan fingerprint density at radius 1 is 1.30 bits per heavy atom. The van der Waals surface area contributed by atoms with Crippen LogP contribution in [-0.4, -0.2) is 25.6 Å². The van der Waals surface area contributed by atoms with Crippen LogP contribution in [0.2, 0.25) is 0 Å². The Morgan fingerprint density at radius 2 is 2.05 bits per heavy atom. The minimum Gasteiger partial charge on any atom is -0.352 e. The van der Waals surface area contributed by atoms with E-state index in [9.17, 15) is 8.42 Å². The van der Waals surface area contributed by atoms with Gasteiger partial charge in [-0.25, -0.2) is 13.1 Å². The summed E-state index contributed by atoms with van der Waals surface area (Å²) in [6, 6.07) is 2.40. The maximum atomic E-state index is 12.2. The second kappa shape index (κ2) is 5.50. The van der Waals surface area contributed by atoms with E-state index in [-0.39, 0.29) is 0 Å². The molecule has 1 heterocycles. The lowest BCUT2D eigenvalue weighted by molar-refractivity contribution is 0.316. The van der Waals surface area contributed by atoms with Crippen molar-refractivity contribution in [1.29, 1.82) is 0 Å². The lowest BCUT2D eigenvalue weighted by Gasteiger charge is -2.25. The minimum atomic E-state index is -3.35. The molecular weight excluding hydrogens is 274 g/mol. The second-order valence-electron chi connectivity index (χ2n) is 6.08. The summed E-state index contributed by atoms with van der Waals surface area (Å²) in [4.78, 5) is 0.381. The summed E-state index contributed by atoms with van der Waals surface area (Å²) in [6.07, 6.45) is 7.69. The summed E-state index contributed by atoms with van der Waals surface area (Å²) in [5.74, 6) is 0.532. The molecule has 2 N–H and O–H groups in total. The molecule has 3 rings (SSSR count). The van der Waals surface area contributed by atoms with Crippen molar-refractivity contribution in [2.75, 3.05) is 6.54 Å². The van der Waals surface area contributed by atoms with Gasteiger partial charge in [0.1, 0.15) is 0 Å². The van der Waals surface area contributed by atoms with E-state index in [2.05, 4.69) is 10.0 Å². The van der Waals surface area contributed by atoms with E-state index < -0.39 is 10.0 Å². The highest BCUT2D eigenvalue weighted by Crippen LogP contribution is 2.26. The number of hydrogen-bond donors (Lipinski definition) is 2. The normalized spacial score (nSPS) is 20.1. The molecule has 0 bridgehead atoms. The first-order valence-corrected chi connectivity index (χ1v) is 8.91. The highest BCUT2D eigenvalue weighted by molar-refractivity contribution is 7.89. The van der Waals surface area contributed by atoms with E-state index in [4.69, 9.17) is 0 Å². The standard InChI is InChI=1S/C14H23N3O2S/c1-17-10-14(7-13(17)9-15-12-5-6-12)20(18,19)16-8-11-3-2-4-11/h7,10-12,15-16H,2-6,8-9H2,1H3. The monoisotopic (exact) mass is 297 g/mol. The molecule has 1 aromatic heterocycles. The average molecular weight is 297 g/mol. The van der Waals surface area contributed by atoms with Crippen molar-refractivity contribution >= 4 is 10.0 Å². The molecule has 0 atom stereocenters. The van der Waals surface area contributed by atoms with Crippen molar-refractivity contribution in [3.8, 4) is 0 Å². The van der Waals surface area contributed by atoms with Gasteiger partial charge in [-0.15, -0.1) is 0 Å². The SMILES string of the molecule is Cn1cc(S(=O)(=O)NCC2CCC2)cc1CNC1CC1. The van der Waals surface area contributed by atoms with Crippen LogP contribution < -0.4 is 10.0 Å². The first-order valence-electron chi connectivity index (χ1n) is 7.43. The van der Waals surface area contributed by atoms with Crippen molar-refractivity contribution in [1.82, 2.24) is 14.6 Å². The highest BCUT2D eigenvalue weighted by Gasteiger charge is 2.24. The molecule has 1 aromatic rings. The predicted octanol–water partition coefficient (Wildman–Crippen LogP) is 1.36. The number of aryl methyl sites for hydroxylation is 1. The van der Waals surface area contributed by atoms with E-state index in [1.165, 1.54) is 19.3 Å². The summed E-state index contributed by atoms with van der Waals surface area (Å²) >= 11 is 0. The molecule has 0 aliphatic heterocycles. The van der Waals surface area contributed by atoms with Gasteiger partial charge in [0, 0.05) is 38.1 Å². The fraction of sp³-hybridized carbons (Fsp3) is 0.714. The van der Waals surface area contributed by atoms with Gasteiger partial charge in [-0.3, -0.25) is 0 Å². The Labute approximate surface area is 120 Å². The van der Waals surface area contributed by atoms with Crippen LogP contribution in [0.5, 0.6) is 0 Å². The van der Waals surface area contributed by atoms with Gasteiger partial charge in [-0.2, -0.15) is 0 Å². The summed E-state index contributed by atoms with van der Waals surface area (Å²) in [7, 11) is -1.46. The summed E-state index contributed by atoms with van der Waals surface area (Å²) in [5.41, 5.74) is 1.01. The lowest BCUT2D eigenvalue weighted by Crippen LogP contribution is -2.32. The van der Waals surface area contributed by atoms with Gasteiger partial charge in [-0.05, 0) is 37.7 Å². The van der Waals surface area contributed by atoms with Gasteiger partial charge in [0.05, 0.1) is 4.90 Å². The van der Waals surface area contributed by atoms with Gasteiger partial charge in [0.25, 0.3) is 0 Å². The first kappa shape index (κ1) is 14.1. The van der Waals surface area contributed by atoms with Crippen LogP contribution in [-0.2, 0) is 23.6 Å². The zero-order chi connectivity index (χ0) is 14.2. The summed E-state index contributed by atoms with van der Waals surface area (Å²) in [5, 5.41) is 3.41. The largest absolute Gasteiger partial charge is 0.352 e. The summed E-state index contributed by atoms with van der Waals surface area (Å²) in [6.45, 7) is 1.31. The number of rotatable bonds is 7. The predicted molar refractivity (Wildman–Crippen MR) is 77.8 cm³/mol. The van der Waals surface area contributed by atoms with Crippen LogP contribution in [0.1, 0.15) is 37.8 Å². The molecule has 2 aliphatic carbocycles. The minimum absolute atomic E-state index is 0.381. The second-order valence-corrected chi connectivity index (χ2v) is 7.85. The number of nitrogens with zero attached hydrogens (tertiary/aromatic N) is 1. The lowest BCUT2D eigenvalue weighted by atomic mass is 9.86. The molecule has 0 aromatic carbocycles. The molecule has 0 spiro atoms. The number of nitrogens with one attached hydrogen (secondary N) is 2. The van der Waals surface area contributed by atoms with E-state index >= 15 is 0 Å². The molecule has 0 saturated heterocycles. The Kier molecular flexibility index (Phi) is 3.88. The van der Waals surface area contributed by atoms with Gasteiger partial charge < -0.3 is 9.88 Å². The molecule has 2 fully saturated rings. The summed E-state index contributed by atoms with van der Waals surface area (Å²) < 4.78 is 29.1. The molecule has 112 valence electrons. The van der Waals surface area contributed by atoms with Crippen LogP contribution in [0, 0.1) is 5.92 Å². The number of hydrogen-bond acceptors (Lipinski definition) is 3. The third kappa shape index (κ3) is 3.24. The molecular formula is C14H23N3O2S. The maximum Gasteiger partial charge on any atom is 0.242 e. The Bertz CT molecular complexity index is 571. The van der Waals surface area contributed by atoms with Crippen LogP contribution in [0.25, 0.3) is 0 Å².